The Bertz CT molecular complexity index is 745. The van der Waals surface area contributed by atoms with Gasteiger partial charge in [-0.05, 0) is 37.0 Å². The lowest BCUT2D eigenvalue weighted by atomic mass is 9.99. The van der Waals surface area contributed by atoms with E-state index in [-0.39, 0.29) is 40.9 Å². The fraction of sp³-hybridized carbons (Fsp3) is 0.833. The number of hydrogen-bond donors (Lipinski definition) is 0. The Kier molecular flexibility index (Phi) is 28.2. The van der Waals surface area contributed by atoms with E-state index in [4.69, 9.17) is 0 Å². The summed E-state index contributed by atoms with van der Waals surface area (Å²) in [6.07, 6.45) is 7.49. The van der Waals surface area contributed by atoms with Crippen LogP contribution in [0.4, 0.5) is 0 Å². The van der Waals surface area contributed by atoms with Crippen LogP contribution in [0.1, 0.15) is 160 Å². The minimum absolute atomic E-state index is 0.106. The first-order valence-corrected chi connectivity index (χ1v) is 16.4. The summed E-state index contributed by atoms with van der Waals surface area (Å²) < 4.78 is 0. The largest absolute Gasteiger partial charge is 0.300 e. The average molecular weight is 595 g/mol. The molecule has 0 aliphatic rings. The summed E-state index contributed by atoms with van der Waals surface area (Å²) in [7, 11) is 0. The third kappa shape index (κ3) is 32.5. The second-order valence-corrected chi connectivity index (χ2v) is 13.8. The molecule has 0 saturated carbocycles. The van der Waals surface area contributed by atoms with Gasteiger partial charge in [-0.25, -0.2) is 0 Å². The second kappa shape index (κ2) is 26.6. The van der Waals surface area contributed by atoms with Gasteiger partial charge in [0, 0.05) is 75.5 Å². The molecule has 0 aliphatic carbocycles. The molecule has 0 aromatic heterocycles. The lowest BCUT2D eigenvalue weighted by molar-refractivity contribution is -0.124. The van der Waals surface area contributed by atoms with Crippen LogP contribution in [0.15, 0.2) is 0 Å². The number of hydrogen-bond acceptors (Lipinski definition) is 6. The fourth-order valence-electron chi connectivity index (χ4n) is 3.92. The Labute approximate surface area is 258 Å². The number of carbonyl (C=O) groups excluding carboxylic acids is 6. The van der Waals surface area contributed by atoms with Crippen LogP contribution in [0.25, 0.3) is 0 Å². The van der Waals surface area contributed by atoms with Crippen LogP contribution < -0.4 is 0 Å². The van der Waals surface area contributed by atoms with E-state index in [1.807, 2.05) is 83.1 Å². The number of carbonyl (C=O) groups is 6. The van der Waals surface area contributed by atoms with Gasteiger partial charge >= 0.3 is 0 Å². The van der Waals surface area contributed by atoms with Crippen LogP contribution in [0.2, 0.25) is 0 Å². The van der Waals surface area contributed by atoms with Crippen molar-refractivity contribution in [1.82, 2.24) is 0 Å². The van der Waals surface area contributed by atoms with Crippen LogP contribution in [-0.2, 0) is 28.8 Å². The Morgan fingerprint density at radius 2 is 0.524 bits per heavy atom. The number of rotatable bonds is 21. The van der Waals surface area contributed by atoms with E-state index in [0.29, 0.717) is 93.5 Å². The van der Waals surface area contributed by atoms with Gasteiger partial charge in [-0.3, -0.25) is 28.8 Å². The quantitative estimate of drug-likeness (QED) is 0.131. The van der Waals surface area contributed by atoms with E-state index in [0.717, 1.165) is 12.8 Å². The first-order chi connectivity index (χ1) is 19.3. The highest BCUT2D eigenvalue weighted by Gasteiger charge is 2.11. The Morgan fingerprint density at radius 3 is 0.714 bits per heavy atom. The Morgan fingerprint density at radius 1 is 0.333 bits per heavy atom. The zero-order valence-corrected chi connectivity index (χ0v) is 29.4. The summed E-state index contributed by atoms with van der Waals surface area (Å²) in [5.41, 5.74) is 0. The lowest BCUT2D eigenvalue weighted by Gasteiger charge is -2.05. The smallest absolute Gasteiger partial charge is 0.135 e. The molecule has 6 heteroatoms. The van der Waals surface area contributed by atoms with E-state index in [1.54, 1.807) is 0 Å². The van der Waals surface area contributed by atoms with Crippen LogP contribution in [0.5, 0.6) is 0 Å². The second-order valence-electron chi connectivity index (χ2n) is 13.8. The molecule has 42 heavy (non-hydrogen) atoms. The molecule has 0 aromatic carbocycles. The first kappa shape index (κ1) is 44.5. The lowest BCUT2D eigenvalue weighted by Crippen LogP contribution is -2.10. The van der Waals surface area contributed by atoms with E-state index in [2.05, 4.69) is 0 Å². The van der Waals surface area contributed by atoms with Gasteiger partial charge in [-0.2, -0.15) is 0 Å². The molecule has 0 fully saturated rings. The molecule has 0 amide bonds. The molecule has 0 N–H and O–H groups in total. The number of ketones is 6. The molecular weight excluding hydrogens is 528 g/mol. The van der Waals surface area contributed by atoms with Gasteiger partial charge in [-0.1, -0.05) is 83.1 Å². The summed E-state index contributed by atoms with van der Waals surface area (Å²) in [4.78, 5) is 67.6. The third-order valence-corrected chi connectivity index (χ3v) is 6.48. The monoisotopic (exact) mass is 594 g/mol. The van der Waals surface area contributed by atoms with Gasteiger partial charge in [0.25, 0.3) is 0 Å². The maximum absolute atomic E-state index is 11.3. The van der Waals surface area contributed by atoms with Crippen LogP contribution in [0.3, 0.4) is 0 Å². The van der Waals surface area contributed by atoms with E-state index in [9.17, 15) is 28.8 Å². The molecule has 0 aromatic rings. The SMILES string of the molecule is CC(C)C(=O)CCCC(=O)C(C)C.CC(C)CC(=O)CCCC(=O)C(C)C.CC(C)CC(=O)CCCC(=O)CC(C)C. The fourth-order valence-corrected chi connectivity index (χ4v) is 3.92. The summed E-state index contributed by atoms with van der Waals surface area (Å²) in [6, 6.07) is 0. The van der Waals surface area contributed by atoms with Crippen LogP contribution >= 0.6 is 0 Å². The third-order valence-electron chi connectivity index (χ3n) is 6.48. The molecule has 6 nitrogen and oxygen atoms in total. The number of Topliss-reactive ketones (excluding diaryl/α,β-unsaturated/α-hetero) is 6. The van der Waals surface area contributed by atoms with E-state index in [1.165, 1.54) is 0 Å². The van der Waals surface area contributed by atoms with Gasteiger partial charge in [0.15, 0.2) is 0 Å². The van der Waals surface area contributed by atoms with E-state index >= 15 is 0 Å². The van der Waals surface area contributed by atoms with Gasteiger partial charge < -0.3 is 0 Å². The molecule has 0 atom stereocenters. The molecule has 0 rings (SSSR count). The summed E-state index contributed by atoms with van der Waals surface area (Å²) in [5.74, 6) is 3.28. The summed E-state index contributed by atoms with van der Waals surface area (Å²) >= 11 is 0. The molecule has 0 bridgehead atoms. The van der Waals surface area contributed by atoms with Crippen LogP contribution in [-0.4, -0.2) is 34.7 Å². The van der Waals surface area contributed by atoms with Crippen molar-refractivity contribution < 1.29 is 28.8 Å². The minimum Gasteiger partial charge on any atom is -0.300 e. The van der Waals surface area contributed by atoms with E-state index < -0.39 is 0 Å². The van der Waals surface area contributed by atoms with Crippen molar-refractivity contribution in [2.75, 3.05) is 0 Å². The van der Waals surface area contributed by atoms with Crippen molar-refractivity contribution in [3.63, 3.8) is 0 Å². The maximum Gasteiger partial charge on any atom is 0.135 e. The molecule has 0 saturated heterocycles. The topological polar surface area (TPSA) is 102 Å². The van der Waals surface area contributed by atoms with Crippen LogP contribution in [0, 0.1) is 35.5 Å². The molecule has 0 spiro atoms. The normalized spacial score (nSPS) is 11.0. The summed E-state index contributed by atoms with van der Waals surface area (Å²) in [5, 5.41) is 0. The first-order valence-electron chi connectivity index (χ1n) is 16.4. The highest BCUT2D eigenvalue weighted by Crippen LogP contribution is 2.11. The highest BCUT2D eigenvalue weighted by atomic mass is 16.1. The molecule has 0 aliphatic heterocycles. The summed E-state index contributed by atoms with van der Waals surface area (Å²) in [6.45, 7) is 23.6. The Balaban J connectivity index is -0.000000545. The molecule has 246 valence electrons. The zero-order chi connectivity index (χ0) is 33.4. The standard InChI is InChI=1S/C13H24O2.C12H22O2.C11H20O2/c1-10(2)8-12(14)6-5-7-13(15)9-11(3)4;1-9(2)8-11(13)6-5-7-12(14)10(3)4;1-8(2)10(12)6-5-7-11(13)9(3)4/h10-11H,5-9H2,1-4H3;9-10H,5-8H2,1-4H3;8-9H,5-7H2,1-4H3. The molecule has 0 unspecified atom stereocenters. The maximum atomic E-state index is 11.3. The zero-order valence-electron chi connectivity index (χ0n) is 29.4. The van der Waals surface area contributed by atoms with Gasteiger partial charge in [-0.15, -0.1) is 0 Å². The van der Waals surface area contributed by atoms with Crippen molar-refractivity contribution in [3.05, 3.63) is 0 Å². The minimum atomic E-state index is 0.106. The Hall–Kier alpha value is -1.98. The van der Waals surface area contributed by atoms with Gasteiger partial charge in [0.2, 0.25) is 0 Å². The molecule has 0 radical (unpaired) electrons. The predicted molar refractivity (Wildman–Crippen MR) is 174 cm³/mol. The molecular formula is C36H66O6. The van der Waals surface area contributed by atoms with Crippen molar-refractivity contribution >= 4 is 34.7 Å². The van der Waals surface area contributed by atoms with Crippen molar-refractivity contribution in [2.24, 2.45) is 35.5 Å². The van der Waals surface area contributed by atoms with Crippen molar-refractivity contribution in [1.29, 1.82) is 0 Å². The highest BCUT2D eigenvalue weighted by molar-refractivity contribution is 5.83. The molecule has 0 heterocycles. The van der Waals surface area contributed by atoms with Crippen molar-refractivity contribution in [2.45, 2.75) is 160 Å². The van der Waals surface area contributed by atoms with Gasteiger partial charge in [0.05, 0.1) is 0 Å². The predicted octanol–water partition coefficient (Wildman–Crippen LogP) is 8.99. The average Bonchev–Trinajstić information content (AvgIpc) is 2.82. The van der Waals surface area contributed by atoms with Crippen molar-refractivity contribution in [3.8, 4) is 0 Å². The van der Waals surface area contributed by atoms with Gasteiger partial charge in [0.1, 0.15) is 34.7 Å².